The van der Waals surface area contributed by atoms with Crippen molar-refractivity contribution in [3.05, 3.63) is 77.4 Å². The van der Waals surface area contributed by atoms with Crippen LogP contribution in [0.2, 0.25) is 0 Å². The van der Waals surface area contributed by atoms with Gasteiger partial charge in [0.15, 0.2) is 16.6 Å². The zero-order valence-corrected chi connectivity index (χ0v) is 24.1. The van der Waals surface area contributed by atoms with Crippen LogP contribution in [0.25, 0.3) is 16.0 Å². The topological polar surface area (TPSA) is 107 Å². The molecule has 3 aromatic carbocycles. The maximum Gasteiger partial charge on any atom is 0.301 e. The predicted molar refractivity (Wildman–Crippen MR) is 160 cm³/mol. The molecule has 1 saturated heterocycles. The van der Waals surface area contributed by atoms with Crippen molar-refractivity contribution in [2.45, 2.75) is 32.7 Å². The second kappa shape index (κ2) is 11.7. The molecule has 1 N–H and O–H groups in total. The third kappa shape index (κ3) is 5.14. The minimum absolute atomic E-state index is 0.0448. The predicted octanol–water partition coefficient (Wildman–Crippen LogP) is 6.27. The summed E-state index contributed by atoms with van der Waals surface area (Å²) >= 11 is 1.28. The molecule has 1 atom stereocenters. The molecule has 42 heavy (non-hydrogen) atoms. The van der Waals surface area contributed by atoms with Gasteiger partial charge in [0.1, 0.15) is 30.5 Å². The van der Waals surface area contributed by atoms with Gasteiger partial charge in [-0.15, -0.1) is 0 Å². The van der Waals surface area contributed by atoms with Gasteiger partial charge in [-0.1, -0.05) is 36.8 Å². The second-order valence-corrected chi connectivity index (χ2v) is 10.9. The fourth-order valence-corrected chi connectivity index (χ4v) is 6.07. The molecule has 6 rings (SSSR count). The Morgan fingerprint density at radius 1 is 1.00 bits per heavy atom. The van der Waals surface area contributed by atoms with Crippen molar-refractivity contribution in [2.75, 3.05) is 31.3 Å². The van der Waals surface area contributed by atoms with Crippen molar-refractivity contribution in [1.82, 2.24) is 4.98 Å². The van der Waals surface area contributed by atoms with Crippen LogP contribution in [0.4, 0.5) is 5.13 Å². The van der Waals surface area contributed by atoms with Gasteiger partial charge >= 0.3 is 5.91 Å². The summed E-state index contributed by atoms with van der Waals surface area (Å²) in [5.74, 6) is 0.409. The molecule has 0 saturated carbocycles. The molecule has 0 spiro atoms. The number of anilines is 1. The third-order valence-electron chi connectivity index (χ3n) is 7.07. The number of fused-ring (bicyclic) bond motifs is 2. The number of hydrogen-bond acceptors (Lipinski definition) is 9. The lowest BCUT2D eigenvalue weighted by molar-refractivity contribution is -0.132. The molecular formula is C32H30N2O7S. The number of amides is 1. The Bertz CT molecular complexity index is 1700. The number of thiazole rings is 1. The fraction of sp³-hybridized carbons (Fsp3) is 0.281. The highest BCUT2D eigenvalue weighted by atomic mass is 32.1. The maximum absolute atomic E-state index is 13.7. The number of aliphatic hydroxyl groups is 1. The zero-order chi connectivity index (χ0) is 29.2. The van der Waals surface area contributed by atoms with Crippen LogP contribution in [-0.2, 0) is 9.59 Å². The van der Waals surface area contributed by atoms with Gasteiger partial charge in [-0.2, -0.15) is 0 Å². The summed E-state index contributed by atoms with van der Waals surface area (Å²) in [5.41, 5.74) is 1.57. The third-order valence-corrected chi connectivity index (χ3v) is 8.08. The van der Waals surface area contributed by atoms with Crippen molar-refractivity contribution in [3.8, 4) is 23.0 Å². The van der Waals surface area contributed by atoms with E-state index < -0.39 is 17.7 Å². The summed E-state index contributed by atoms with van der Waals surface area (Å²) in [7, 11) is 0. The minimum Gasteiger partial charge on any atom is -0.507 e. The molecular weight excluding hydrogens is 556 g/mol. The van der Waals surface area contributed by atoms with Gasteiger partial charge in [0.05, 0.1) is 35.0 Å². The van der Waals surface area contributed by atoms with Gasteiger partial charge < -0.3 is 24.1 Å². The summed E-state index contributed by atoms with van der Waals surface area (Å²) in [6.07, 6.45) is 1.88. The number of carbonyl (C=O) groups excluding carboxylic acids is 2. The molecule has 1 amide bonds. The van der Waals surface area contributed by atoms with Crippen LogP contribution in [0.5, 0.6) is 23.0 Å². The summed E-state index contributed by atoms with van der Waals surface area (Å²) < 4.78 is 23.7. The van der Waals surface area contributed by atoms with Crippen molar-refractivity contribution >= 4 is 44.1 Å². The number of benzene rings is 3. The van der Waals surface area contributed by atoms with E-state index in [2.05, 4.69) is 6.92 Å². The van der Waals surface area contributed by atoms with E-state index >= 15 is 0 Å². The molecule has 4 aromatic rings. The second-order valence-electron chi connectivity index (χ2n) is 9.86. The molecule has 2 aliphatic heterocycles. The Labute approximate surface area is 246 Å². The lowest BCUT2D eigenvalue weighted by Crippen LogP contribution is -2.29. The maximum atomic E-state index is 13.7. The van der Waals surface area contributed by atoms with Crippen LogP contribution in [-0.4, -0.2) is 48.2 Å². The first-order valence-corrected chi connectivity index (χ1v) is 14.8. The Kier molecular flexibility index (Phi) is 7.71. The fourth-order valence-electron chi connectivity index (χ4n) is 5.05. The molecule has 0 aliphatic carbocycles. The lowest BCUT2D eigenvalue weighted by atomic mass is 9.95. The number of hydrogen-bond donors (Lipinski definition) is 1. The molecule has 0 unspecified atom stereocenters. The first-order valence-electron chi connectivity index (χ1n) is 14.0. The first-order chi connectivity index (χ1) is 20.5. The van der Waals surface area contributed by atoms with Crippen molar-refractivity contribution < 1.29 is 33.6 Å². The van der Waals surface area contributed by atoms with Gasteiger partial charge in [-0.05, 0) is 67.4 Å². The van der Waals surface area contributed by atoms with Gasteiger partial charge in [0, 0.05) is 5.56 Å². The van der Waals surface area contributed by atoms with Gasteiger partial charge in [-0.3, -0.25) is 14.5 Å². The highest BCUT2D eigenvalue weighted by Crippen LogP contribution is 2.46. The summed E-state index contributed by atoms with van der Waals surface area (Å²) in [4.78, 5) is 33.5. The SMILES string of the molecule is CCCCOc1cccc([C@@H]2/C(=C(\O)c3ccc4c(c3)OCCO4)C(=O)C(=O)N2c2nc3ccc(OCC)cc3s2)c1. The highest BCUT2D eigenvalue weighted by molar-refractivity contribution is 7.22. The molecule has 1 fully saturated rings. The number of unbranched alkanes of at least 4 members (excludes halogenated alkanes) is 1. The number of ether oxygens (including phenoxy) is 4. The zero-order valence-electron chi connectivity index (χ0n) is 23.3. The van der Waals surface area contributed by atoms with Gasteiger partial charge in [0.25, 0.3) is 5.78 Å². The number of Topliss-reactive ketones (excluding diaryl/α,β-unsaturated/α-hetero) is 1. The summed E-state index contributed by atoms with van der Waals surface area (Å²) in [5, 5.41) is 11.9. The molecule has 2 aliphatic rings. The molecule has 1 aromatic heterocycles. The van der Waals surface area contributed by atoms with Gasteiger partial charge in [-0.25, -0.2) is 4.98 Å². The van der Waals surface area contributed by atoms with Crippen molar-refractivity contribution in [2.24, 2.45) is 0 Å². The van der Waals surface area contributed by atoms with Crippen molar-refractivity contribution in [3.63, 3.8) is 0 Å². The van der Waals surface area contributed by atoms with E-state index in [0.29, 0.717) is 71.2 Å². The van der Waals surface area contributed by atoms with Crippen molar-refractivity contribution in [1.29, 1.82) is 0 Å². The molecule has 3 heterocycles. The van der Waals surface area contributed by atoms with E-state index in [0.717, 1.165) is 17.5 Å². The molecule has 10 heteroatoms. The average molecular weight is 587 g/mol. The average Bonchev–Trinajstić information content (AvgIpc) is 3.54. The van der Waals surface area contributed by atoms with Crippen LogP contribution in [0, 0.1) is 0 Å². The van der Waals surface area contributed by atoms with Crippen LogP contribution in [0.3, 0.4) is 0 Å². The van der Waals surface area contributed by atoms with E-state index in [1.807, 2.05) is 43.3 Å². The summed E-state index contributed by atoms with van der Waals surface area (Å²) in [6, 6.07) is 16.8. The van der Waals surface area contributed by atoms with Crippen LogP contribution >= 0.6 is 11.3 Å². The number of aromatic nitrogens is 1. The summed E-state index contributed by atoms with van der Waals surface area (Å²) in [6.45, 7) is 5.84. The molecule has 9 nitrogen and oxygen atoms in total. The Morgan fingerprint density at radius 2 is 1.81 bits per heavy atom. The van der Waals surface area contributed by atoms with E-state index in [-0.39, 0.29) is 11.3 Å². The number of ketones is 1. The monoisotopic (exact) mass is 586 g/mol. The standard InChI is InChI=1S/C32H30N2O7S/c1-3-5-13-39-21-8-6-7-19(16-21)28-27(29(35)20-9-12-24-25(17-20)41-15-14-40-24)30(36)31(37)34(28)32-33-23-11-10-22(38-4-2)18-26(23)42-32/h6-12,16-18,28,35H,3-5,13-15H2,1-2H3/b29-27+/t28-/m1/s1. The Hall–Kier alpha value is -4.57. The number of carbonyl (C=O) groups is 2. The Balaban J connectivity index is 1.49. The van der Waals surface area contributed by atoms with Crippen LogP contribution < -0.4 is 23.8 Å². The van der Waals surface area contributed by atoms with E-state index in [4.69, 9.17) is 23.9 Å². The van der Waals surface area contributed by atoms with E-state index in [1.54, 1.807) is 24.3 Å². The van der Waals surface area contributed by atoms with Crippen LogP contribution in [0.1, 0.15) is 43.9 Å². The number of aliphatic hydroxyl groups excluding tert-OH is 1. The van der Waals surface area contributed by atoms with E-state index in [9.17, 15) is 14.7 Å². The smallest absolute Gasteiger partial charge is 0.301 e. The first kappa shape index (κ1) is 27.6. The van der Waals surface area contributed by atoms with Gasteiger partial charge in [0.2, 0.25) is 0 Å². The van der Waals surface area contributed by atoms with E-state index in [1.165, 1.54) is 16.2 Å². The quantitative estimate of drug-likeness (QED) is 0.106. The number of nitrogens with zero attached hydrogens (tertiary/aromatic N) is 2. The normalized spacial score (nSPS) is 17.6. The molecule has 216 valence electrons. The highest BCUT2D eigenvalue weighted by Gasteiger charge is 2.48. The largest absolute Gasteiger partial charge is 0.507 e. The molecule has 0 radical (unpaired) electrons. The Morgan fingerprint density at radius 3 is 2.62 bits per heavy atom. The molecule has 0 bridgehead atoms. The lowest BCUT2D eigenvalue weighted by Gasteiger charge is -2.24. The van der Waals surface area contributed by atoms with Crippen LogP contribution in [0.15, 0.2) is 66.2 Å². The minimum atomic E-state index is -0.945. The number of rotatable bonds is 9.